The lowest BCUT2D eigenvalue weighted by Gasteiger charge is -2.37. The minimum absolute atomic E-state index is 0.0424. The van der Waals surface area contributed by atoms with Gasteiger partial charge in [0.15, 0.2) is 0 Å². The monoisotopic (exact) mass is 241 g/mol. The maximum absolute atomic E-state index is 11.2. The Hall–Kier alpha value is -0.610. The second-order valence-electron chi connectivity index (χ2n) is 6.20. The van der Waals surface area contributed by atoms with Crippen molar-refractivity contribution < 1.29 is 4.79 Å². The van der Waals surface area contributed by atoms with E-state index in [-0.39, 0.29) is 17.4 Å². The van der Waals surface area contributed by atoms with E-state index in [2.05, 4.69) is 37.9 Å². The van der Waals surface area contributed by atoms with Gasteiger partial charge in [0.25, 0.3) is 0 Å². The van der Waals surface area contributed by atoms with Crippen molar-refractivity contribution in [3.8, 4) is 0 Å². The zero-order valence-corrected chi connectivity index (χ0v) is 11.6. The third-order valence-corrected chi connectivity index (χ3v) is 3.47. The fourth-order valence-corrected chi connectivity index (χ4v) is 2.30. The average molecular weight is 241 g/mol. The minimum Gasteiger partial charge on any atom is -0.369 e. The van der Waals surface area contributed by atoms with Gasteiger partial charge in [0.05, 0.1) is 5.92 Å². The summed E-state index contributed by atoms with van der Waals surface area (Å²) in [6.45, 7) is 11.5. The molecule has 4 heteroatoms. The molecule has 3 N–H and O–H groups in total. The Balaban J connectivity index is 2.37. The Morgan fingerprint density at radius 1 is 1.41 bits per heavy atom. The molecular weight excluding hydrogens is 214 g/mol. The van der Waals surface area contributed by atoms with Crippen molar-refractivity contribution in [3.05, 3.63) is 0 Å². The summed E-state index contributed by atoms with van der Waals surface area (Å²) in [4.78, 5) is 13.6. The first-order valence-electron chi connectivity index (χ1n) is 6.58. The van der Waals surface area contributed by atoms with Gasteiger partial charge in [-0.25, -0.2) is 0 Å². The van der Waals surface area contributed by atoms with Crippen LogP contribution in [0.2, 0.25) is 0 Å². The van der Waals surface area contributed by atoms with Crippen LogP contribution in [0.3, 0.4) is 0 Å². The molecule has 4 nitrogen and oxygen atoms in total. The number of likely N-dealkylation sites (tertiary alicyclic amines) is 1. The highest BCUT2D eigenvalue weighted by atomic mass is 16.1. The molecule has 0 aromatic carbocycles. The van der Waals surface area contributed by atoms with Crippen molar-refractivity contribution in [1.82, 2.24) is 10.2 Å². The number of piperidine rings is 1. The molecule has 0 radical (unpaired) electrons. The van der Waals surface area contributed by atoms with Gasteiger partial charge in [-0.3, -0.25) is 9.69 Å². The molecule has 0 bridgehead atoms. The molecule has 0 aromatic rings. The zero-order valence-electron chi connectivity index (χ0n) is 11.6. The molecule has 1 fully saturated rings. The lowest BCUT2D eigenvalue weighted by Crippen LogP contribution is -2.49. The van der Waals surface area contributed by atoms with Crippen LogP contribution < -0.4 is 11.1 Å². The van der Waals surface area contributed by atoms with Crippen LogP contribution in [0.25, 0.3) is 0 Å². The van der Waals surface area contributed by atoms with E-state index in [0.29, 0.717) is 6.04 Å². The minimum atomic E-state index is -0.148. The van der Waals surface area contributed by atoms with E-state index in [1.165, 1.54) is 0 Å². The molecule has 1 saturated heterocycles. The van der Waals surface area contributed by atoms with Gasteiger partial charge >= 0.3 is 0 Å². The summed E-state index contributed by atoms with van der Waals surface area (Å²) in [5.41, 5.74) is 5.55. The number of nitrogens with zero attached hydrogens (tertiary/aromatic N) is 1. The second kappa shape index (κ2) is 5.83. The molecule has 1 amide bonds. The van der Waals surface area contributed by atoms with Crippen LogP contribution in [0.5, 0.6) is 0 Å². The number of hydrogen-bond acceptors (Lipinski definition) is 3. The average Bonchev–Trinajstić information content (AvgIpc) is 2.18. The molecule has 1 aliphatic heterocycles. The number of hydrogen-bond donors (Lipinski definition) is 2. The summed E-state index contributed by atoms with van der Waals surface area (Å²) in [5, 5.41) is 3.48. The van der Waals surface area contributed by atoms with E-state index in [0.717, 1.165) is 32.5 Å². The fraction of sp³-hybridized carbons (Fsp3) is 0.923. The molecule has 0 aliphatic carbocycles. The van der Waals surface area contributed by atoms with E-state index in [4.69, 9.17) is 5.73 Å². The van der Waals surface area contributed by atoms with Gasteiger partial charge in [-0.2, -0.15) is 0 Å². The number of nitrogens with two attached hydrogens (primary N) is 1. The standard InChI is InChI=1S/C13H27N3O/c1-10-5-6-11(12(14)17)9-16(10)8-7-15-13(2,3)4/h10-11,15H,5-9H2,1-4H3,(H2,14,17). The maximum Gasteiger partial charge on any atom is 0.221 e. The summed E-state index contributed by atoms with van der Waals surface area (Å²) < 4.78 is 0. The Kier molecular flexibility index (Phi) is 4.95. The predicted octanol–water partition coefficient (Wildman–Crippen LogP) is 0.960. The number of carbonyl (C=O) groups excluding carboxylic acids is 1. The van der Waals surface area contributed by atoms with Crippen LogP contribution in [-0.2, 0) is 4.79 Å². The van der Waals surface area contributed by atoms with Crippen LogP contribution in [-0.4, -0.2) is 42.0 Å². The highest BCUT2D eigenvalue weighted by Crippen LogP contribution is 2.21. The molecule has 1 aliphatic rings. The van der Waals surface area contributed by atoms with Crippen molar-refractivity contribution in [2.75, 3.05) is 19.6 Å². The van der Waals surface area contributed by atoms with Crippen LogP contribution in [0.4, 0.5) is 0 Å². The third-order valence-electron chi connectivity index (χ3n) is 3.47. The summed E-state index contributed by atoms with van der Waals surface area (Å²) >= 11 is 0. The van der Waals surface area contributed by atoms with Gasteiger partial charge in [-0.15, -0.1) is 0 Å². The van der Waals surface area contributed by atoms with Crippen LogP contribution in [0, 0.1) is 5.92 Å². The van der Waals surface area contributed by atoms with E-state index in [1.54, 1.807) is 0 Å². The Morgan fingerprint density at radius 3 is 2.59 bits per heavy atom. The summed E-state index contributed by atoms with van der Waals surface area (Å²) in [5.74, 6) is -0.105. The topological polar surface area (TPSA) is 58.4 Å². The quantitative estimate of drug-likeness (QED) is 0.771. The van der Waals surface area contributed by atoms with E-state index in [1.807, 2.05) is 0 Å². The second-order valence-corrected chi connectivity index (χ2v) is 6.20. The van der Waals surface area contributed by atoms with Gasteiger partial charge < -0.3 is 11.1 Å². The van der Waals surface area contributed by atoms with Crippen LogP contribution in [0.15, 0.2) is 0 Å². The molecule has 100 valence electrons. The SMILES string of the molecule is CC1CCC(C(N)=O)CN1CCNC(C)(C)C. The number of carbonyl (C=O) groups is 1. The molecule has 0 saturated carbocycles. The number of amides is 1. The number of rotatable bonds is 4. The highest BCUT2D eigenvalue weighted by molar-refractivity contribution is 5.76. The predicted molar refractivity (Wildman–Crippen MR) is 70.7 cm³/mol. The van der Waals surface area contributed by atoms with Gasteiger partial charge in [-0.1, -0.05) is 0 Å². The maximum atomic E-state index is 11.2. The van der Waals surface area contributed by atoms with Crippen molar-refractivity contribution >= 4 is 5.91 Å². The first kappa shape index (κ1) is 14.5. The highest BCUT2D eigenvalue weighted by Gasteiger charge is 2.28. The van der Waals surface area contributed by atoms with Gasteiger partial charge in [0.1, 0.15) is 0 Å². The Labute approximate surface area is 105 Å². The largest absolute Gasteiger partial charge is 0.369 e. The van der Waals surface area contributed by atoms with Gasteiger partial charge in [-0.05, 0) is 40.5 Å². The molecule has 2 unspecified atom stereocenters. The van der Waals surface area contributed by atoms with E-state index >= 15 is 0 Å². The van der Waals surface area contributed by atoms with Crippen LogP contribution in [0.1, 0.15) is 40.5 Å². The zero-order chi connectivity index (χ0) is 13.1. The first-order chi connectivity index (χ1) is 7.79. The van der Waals surface area contributed by atoms with Crippen molar-refractivity contribution in [2.45, 2.75) is 52.1 Å². The smallest absolute Gasteiger partial charge is 0.221 e. The third kappa shape index (κ3) is 5.04. The summed E-state index contributed by atoms with van der Waals surface area (Å²) in [6, 6.07) is 0.562. The van der Waals surface area contributed by atoms with E-state index < -0.39 is 0 Å². The lowest BCUT2D eigenvalue weighted by molar-refractivity contribution is -0.123. The summed E-state index contributed by atoms with van der Waals surface area (Å²) in [7, 11) is 0. The lowest BCUT2D eigenvalue weighted by atomic mass is 9.93. The van der Waals surface area contributed by atoms with Crippen molar-refractivity contribution in [2.24, 2.45) is 11.7 Å². The van der Waals surface area contributed by atoms with E-state index in [9.17, 15) is 4.79 Å². The molecule has 2 atom stereocenters. The number of nitrogens with one attached hydrogen (secondary N) is 1. The first-order valence-corrected chi connectivity index (χ1v) is 6.58. The summed E-state index contributed by atoms with van der Waals surface area (Å²) in [6.07, 6.45) is 2.02. The van der Waals surface area contributed by atoms with Gasteiger partial charge in [0.2, 0.25) is 5.91 Å². The molecule has 1 rings (SSSR count). The molecule has 0 spiro atoms. The van der Waals surface area contributed by atoms with Crippen molar-refractivity contribution in [3.63, 3.8) is 0 Å². The van der Waals surface area contributed by atoms with Crippen molar-refractivity contribution in [1.29, 1.82) is 0 Å². The Morgan fingerprint density at radius 2 is 2.06 bits per heavy atom. The molecular formula is C13H27N3O. The molecule has 17 heavy (non-hydrogen) atoms. The Bertz CT molecular complexity index is 260. The normalized spacial score (nSPS) is 27.1. The fourth-order valence-electron chi connectivity index (χ4n) is 2.30. The molecule has 0 aromatic heterocycles. The van der Waals surface area contributed by atoms with Gasteiger partial charge in [0, 0.05) is 31.2 Å². The number of primary amides is 1. The van der Waals surface area contributed by atoms with Crippen LogP contribution >= 0.6 is 0 Å². The molecule has 1 heterocycles.